The van der Waals surface area contributed by atoms with Gasteiger partial charge in [0.2, 0.25) is 0 Å². The third-order valence-corrected chi connectivity index (χ3v) is 3.66. The van der Waals surface area contributed by atoms with Crippen LogP contribution in [-0.4, -0.2) is 22.5 Å². The van der Waals surface area contributed by atoms with Gasteiger partial charge in [-0.3, -0.25) is 16.0 Å². The number of rotatable bonds is 6. The molecule has 18 heavy (non-hydrogen) atoms. The molecule has 0 aromatic carbocycles. The van der Waals surface area contributed by atoms with Crippen molar-refractivity contribution in [2.75, 3.05) is 6.61 Å². The second-order valence-electron chi connectivity index (χ2n) is 4.86. The second-order valence-corrected chi connectivity index (χ2v) is 4.86. The molecule has 0 bridgehead atoms. The molecule has 5 nitrogen and oxygen atoms in total. The molecule has 2 rings (SSSR count). The molecule has 102 valence electrons. The highest BCUT2D eigenvalue weighted by Gasteiger charge is 2.19. The van der Waals surface area contributed by atoms with Crippen molar-refractivity contribution in [1.29, 1.82) is 0 Å². The van der Waals surface area contributed by atoms with Crippen molar-refractivity contribution < 1.29 is 4.74 Å². The Morgan fingerprint density at radius 2 is 2.50 bits per heavy atom. The summed E-state index contributed by atoms with van der Waals surface area (Å²) < 4.78 is 7.75. The van der Waals surface area contributed by atoms with Crippen LogP contribution in [0.5, 0.6) is 0 Å². The lowest BCUT2D eigenvalue weighted by Crippen LogP contribution is -2.31. The Kier molecular flexibility index (Phi) is 5.16. The number of nitrogens with zero attached hydrogens (tertiary/aromatic N) is 2. The fourth-order valence-corrected chi connectivity index (χ4v) is 2.61. The Morgan fingerprint density at radius 1 is 1.61 bits per heavy atom. The first-order valence-corrected chi connectivity index (χ1v) is 6.94. The van der Waals surface area contributed by atoms with E-state index in [-0.39, 0.29) is 6.04 Å². The van der Waals surface area contributed by atoms with Crippen LogP contribution in [0.1, 0.15) is 50.8 Å². The van der Waals surface area contributed by atoms with Crippen molar-refractivity contribution in [2.45, 2.75) is 57.7 Å². The van der Waals surface area contributed by atoms with Gasteiger partial charge in [-0.05, 0) is 45.1 Å². The SMILES string of the molecule is CCn1nccc1C(CCC1CCCCO1)NN. The smallest absolute Gasteiger partial charge is 0.0630 e. The number of hydrazine groups is 1. The molecule has 0 saturated carbocycles. The van der Waals surface area contributed by atoms with Crippen LogP contribution in [-0.2, 0) is 11.3 Å². The molecule has 0 aliphatic carbocycles. The van der Waals surface area contributed by atoms with Crippen molar-refractivity contribution in [2.24, 2.45) is 5.84 Å². The molecule has 3 N–H and O–H groups in total. The van der Waals surface area contributed by atoms with E-state index in [4.69, 9.17) is 10.6 Å². The number of nitrogens with two attached hydrogens (primary N) is 1. The van der Waals surface area contributed by atoms with Crippen LogP contribution < -0.4 is 11.3 Å². The van der Waals surface area contributed by atoms with Crippen molar-refractivity contribution in [3.05, 3.63) is 18.0 Å². The highest BCUT2D eigenvalue weighted by Crippen LogP contribution is 2.23. The van der Waals surface area contributed by atoms with Gasteiger partial charge in [-0.1, -0.05) is 0 Å². The van der Waals surface area contributed by atoms with Gasteiger partial charge in [0.1, 0.15) is 0 Å². The third kappa shape index (κ3) is 3.31. The van der Waals surface area contributed by atoms with Gasteiger partial charge in [-0.15, -0.1) is 0 Å². The fourth-order valence-electron chi connectivity index (χ4n) is 2.61. The molecule has 1 aromatic heterocycles. The maximum absolute atomic E-state index is 5.76. The molecule has 1 aliphatic heterocycles. The van der Waals surface area contributed by atoms with Gasteiger partial charge in [-0.2, -0.15) is 5.10 Å². The van der Waals surface area contributed by atoms with E-state index in [1.165, 1.54) is 19.3 Å². The highest BCUT2D eigenvalue weighted by atomic mass is 16.5. The highest BCUT2D eigenvalue weighted by molar-refractivity contribution is 5.06. The van der Waals surface area contributed by atoms with Crippen LogP contribution in [0.15, 0.2) is 12.3 Å². The van der Waals surface area contributed by atoms with Crippen LogP contribution in [0, 0.1) is 0 Å². The van der Waals surface area contributed by atoms with E-state index >= 15 is 0 Å². The van der Waals surface area contributed by atoms with E-state index in [0.717, 1.165) is 31.7 Å². The lowest BCUT2D eigenvalue weighted by molar-refractivity contribution is 0.00841. The summed E-state index contributed by atoms with van der Waals surface area (Å²) in [4.78, 5) is 0. The normalized spacial score (nSPS) is 22.0. The van der Waals surface area contributed by atoms with Crippen LogP contribution >= 0.6 is 0 Å². The molecule has 0 radical (unpaired) electrons. The minimum atomic E-state index is 0.165. The van der Waals surface area contributed by atoms with Gasteiger partial charge in [0, 0.05) is 19.3 Å². The summed E-state index contributed by atoms with van der Waals surface area (Å²) in [6, 6.07) is 2.20. The van der Waals surface area contributed by atoms with E-state index in [1.54, 1.807) is 0 Å². The molecule has 1 aromatic rings. The summed E-state index contributed by atoms with van der Waals surface area (Å²) in [5.41, 5.74) is 4.07. The molecule has 1 fully saturated rings. The molecule has 2 heterocycles. The fraction of sp³-hybridized carbons (Fsp3) is 0.769. The number of aromatic nitrogens is 2. The molecule has 1 saturated heterocycles. The molecule has 1 aliphatic rings. The monoisotopic (exact) mass is 252 g/mol. The van der Waals surface area contributed by atoms with Crippen LogP contribution in [0.4, 0.5) is 0 Å². The van der Waals surface area contributed by atoms with Crippen molar-refractivity contribution in [1.82, 2.24) is 15.2 Å². The lowest BCUT2D eigenvalue weighted by Gasteiger charge is -2.25. The summed E-state index contributed by atoms with van der Waals surface area (Å²) in [5.74, 6) is 5.67. The number of hydrogen-bond donors (Lipinski definition) is 2. The first-order chi connectivity index (χ1) is 8.85. The number of nitrogens with one attached hydrogen (secondary N) is 1. The van der Waals surface area contributed by atoms with Gasteiger partial charge >= 0.3 is 0 Å². The minimum absolute atomic E-state index is 0.165. The molecule has 2 unspecified atom stereocenters. The van der Waals surface area contributed by atoms with Gasteiger partial charge in [0.05, 0.1) is 17.8 Å². The van der Waals surface area contributed by atoms with Gasteiger partial charge in [-0.25, -0.2) is 0 Å². The van der Waals surface area contributed by atoms with E-state index in [9.17, 15) is 0 Å². The molecule has 0 spiro atoms. The first kappa shape index (κ1) is 13.5. The molecule has 5 heteroatoms. The van der Waals surface area contributed by atoms with Crippen LogP contribution in [0.25, 0.3) is 0 Å². The molecular formula is C13H24N4O. The van der Waals surface area contributed by atoms with Crippen LogP contribution in [0.2, 0.25) is 0 Å². The Morgan fingerprint density at radius 3 is 3.17 bits per heavy atom. The Hall–Kier alpha value is -0.910. The van der Waals surface area contributed by atoms with Gasteiger partial charge in [0.25, 0.3) is 0 Å². The summed E-state index contributed by atoms with van der Waals surface area (Å²) in [6.07, 6.45) is 7.98. The van der Waals surface area contributed by atoms with Gasteiger partial charge in [0.15, 0.2) is 0 Å². The zero-order valence-electron chi connectivity index (χ0n) is 11.1. The summed E-state index contributed by atoms with van der Waals surface area (Å²) >= 11 is 0. The molecule has 0 amide bonds. The largest absolute Gasteiger partial charge is 0.378 e. The first-order valence-electron chi connectivity index (χ1n) is 6.94. The molecule has 2 atom stereocenters. The number of hydrogen-bond acceptors (Lipinski definition) is 4. The summed E-state index contributed by atoms with van der Waals surface area (Å²) in [5, 5.41) is 4.29. The lowest BCUT2D eigenvalue weighted by atomic mass is 10.0. The molecular weight excluding hydrogens is 228 g/mol. The predicted octanol–water partition coefficient (Wildman–Crippen LogP) is 1.76. The average Bonchev–Trinajstić information content (AvgIpc) is 2.89. The van der Waals surface area contributed by atoms with Crippen molar-refractivity contribution >= 4 is 0 Å². The Balaban J connectivity index is 1.88. The number of aryl methyl sites for hydroxylation is 1. The number of ether oxygens (including phenoxy) is 1. The van der Waals surface area contributed by atoms with E-state index in [0.29, 0.717) is 6.10 Å². The van der Waals surface area contributed by atoms with Crippen LogP contribution in [0.3, 0.4) is 0 Å². The maximum atomic E-state index is 5.76. The van der Waals surface area contributed by atoms with E-state index in [2.05, 4.69) is 17.4 Å². The summed E-state index contributed by atoms with van der Waals surface area (Å²) in [6.45, 7) is 3.88. The quantitative estimate of drug-likeness (QED) is 0.598. The zero-order chi connectivity index (χ0) is 12.8. The minimum Gasteiger partial charge on any atom is -0.378 e. The predicted molar refractivity (Wildman–Crippen MR) is 70.8 cm³/mol. The van der Waals surface area contributed by atoms with E-state index < -0.39 is 0 Å². The summed E-state index contributed by atoms with van der Waals surface area (Å²) in [7, 11) is 0. The van der Waals surface area contributed by atoms with E-state index in [1.807, 2.05) is 16.9 Å². The second kappa shape index (κ2) is 6.87. The zero-order valence-corrected chi connectivity index (χ0v) is 11.1. The average molecular weight is 252 g/mol. The third-order valence-electron chi connectivity index (χ3n) is 3.66. The maximum Gasteiger partial charge on any atom is 0.0630 e. The van der Waals surface area contributed by atoms with Crippen molar-refractivity contribution in [3.63, 3.8) is 0 Å². The topological polar surface area (TPSA) is 65.1 Å². The van der Waals surface area contributed by atoms with Crippen molar-refractivity contribution in [3.8, 4) is 0 Å². The standard InChI is InChI=1S/C13H24N4O/c1-2-17-13(8-9-15-17)12(16-14)7-6-11-5-3-4-10-18-11/h8-9,11-12,16H,2-7,10,14H2,1H3. The Bertz CT molecular complexity index is 347. The Labute approximate surface area is 109 Å². The van der Waals surface area contributed by atoms with Gasteiger partial charge < -0.3 is 4.74 Å².